The number of anilines is 1. The summed E-state index contributed by atoms with van der Waals surface area (Å²) in [6.45, 7) is 3.65. The van der Waals surface area contributed by atoms with E-state index in [1.54, 1.807) is 30.3 Å². The van der Waals surface area contributed by atoms with Crippen LogP contribution < -0.4 is 4.90 Å². The molecule has 0 aliphatic carbocycles. The zero-order valence-corrected chi connectivity index (χ0v) is 17.0. The summed E-state index contributed by atoms with van der Waals surface area (Å²) in [7, 11) is 0. The van der Waals surface area contributed by atoms with E-state index in [4.69, 9.17) is 10.00 Å². The van der Waals surface area contributed by atoms with Crippen LogP contribution in [-0.2, 0) is 11.3 Å². The largest absolute Gasteiger partial charge is 0.457 e. The maximum absolute atomic E-state index is 13.0. The van der Waals surface area contributed by atoms with E-state index in [1.165, 1.54) is 18.2 Å². The Morgan fingerprint density at radius 2 is 1.71 bits per heavy atom. The van der Waals surface area contributed by atoms with Gasteiger partial charge >= 0.3 is 5.97 Å². The first-order chi connectivity index (χ1) is 14.9. The van der Waals surface area contributed by atoms with Crippen LogP contribution in [0.5, 0.6) is 0 Å². The molecule has 1 heterocycles. The summed E-state index contributed by atoms with van der Waals surface area (Å²) in [5.74, 6) is -1.53. The number of hydrogen-bond acceptors (Lipinski definition) is 5. The second-order valence-corrected chi connectivity index (χ2v) is 7.34. The molecule has 0 unspecified atom stereocenters. The normalized spacial score (nSPS) is 12.5. The Bertz CT molecular complexity index is 1290. The van der Waals surface area contributed by atoms with Gasteiger partial charge in [-0.3, -0.25) is 9.59 Å². The quantitative estimate of drug-likeness (QED) is 0.472. The van der Waals surface area contributed by atoms with Crippen LogP contribution in [0.25, 0.3) is 0 Å². The van der Waals surface area contributed by atoms with Gasteiger partial charge in [-0.15, -0.1) is 0 Å². The molecule has 6 nitrogen and oxygen atoms in total. The fourth-order valence-corrected chi connectivity index (χ4v) is 3.53. The molecular weight excluding hydrogens is 392 g/mol. The van der Waals surface area contributed by atoms with Crippen LogP contribution in [0.2, 0.25) is 0 Å². The van der Waals surface area contributed by atoms with Crippen molar-refractivity contribution >= 4 is 23.5 Å². The first kappa shape index (κ1) is 20.0. The van der Waals surface area contributed by atoms with Crippen LogP contribution in [0.4, 0.5) is 5.69 Å². The van der Waals surface area contributed by atoms with Gasteiger partial charge in [0.25, 0.3) is 11.8 Å². The van der Waals surface area contributed by atoms with Crippen LogP contribution in [0, 0.1) is 25.2 Å². The lowest BCUT2D eigenvalue weighted by molar-refractivity contribution is 0.0472. The molecule has 3 aromatic carbocycles. The van der Waals surface area contributed by atoms with Gasteiger partial charge < -0.3 is 4.74 Å². The second kappa shape index (κ2) is 7.88. The monoisotopic (exact) mass is 410 g/mol. The number of fused-ring (bicyclic) bond motifs is 1. The topological polar surface area (TPSA) is 87.5 Å². The van der Waals surface area contributed by atoms with Crippen molar-refractivity contribution in [2.75, 3.05) is 4.90 Å². The predicted molar refractivity (Wildman–Crippen MR) is 114 cm³/mol. The fourth-order valence-electron chi connectivity index (χ4n) is 3.53. The number of esters is 1. The van der Waals surface area contributed by atoms with Crippen molar-refractivity contribution in [2.24, 2.45) is 0 Å². The van der Waals surface area contributed by atoms with E-state index >= 15 is 0 Å². The summed E-state index contributed by atoms with van der Waals surface area (Å²) < 4.78 is 5.32. The molecule has 6 heteroatoms. The lowest BCUT2D eigenvalue weighted by Crippen LogP contribution is -2.30. The molecule has 0 N–H and O–H groups in total. The van der Waals surface area contributed by atoms with Gasteiger partial charge in [0.1, 0.15) is 6.61 Å². The molecule has 3 aromatic rings. The average Bonchev–Trinajstić information content (AvgIpc) is 3.03. The molecule has 1 aliphatic rings. The van der Waals surface area contributed by atoms with Crippen molar-refractivity contribution in [3.05, 3.63) is 99.6 Å². The molecule has 2 amide bonds. The third-order valence-corrected chi connectivity index (χ3v) is 5.22. The predicted octanol–water partition coefficient (Wildman–Crippen LogP) is 4.33. The lowest BCUT2D eigenvalue weighted by Gasteiger charge is -2.17. The Hall–Kier alpha value is -4.24. The first-order valence-corrected chi connectivity index (χ1v) is 9.66. The zero-order chi connectivity index (χ0) is 22.1. The van der Waals surface area contributed by atoms with E-state index in [9.17, 15) is 14.4 Å². The number of nitrogens with zero attached hydrogens (tertiary/aromatic N) is 2. The number of imide groups is 1. The van der Waals surface area contributed by atoms with Crippen molar-refractivity contribution in [3.63, 3.8) is 0 Å². The third kappa shape index (κ3) is 3.58. The number of rotatable bonds is 4. The smallest absolute Gasteiger partial charge is 0.338 e. The highest BCUT2D eigenvalue weighted by atomic mass is 16.5. The van der Waals surface area contributed by atoms with Gasteiger partial charge in [0.2, 0.25) is 0 Å². The molecule has 0 spiro atoms. The van der Waals surface area contributed by atoms with E-state index in [0.29, 0.717) is 16.8 Å². The number of amides is 2. The van der Waals surface area contributed by atoms with Crippen molar-refractivity contribution < 1.29 is 19.1 Å². The molecule has 0 radical (unpaired) electrons. The number of nitriles is 1. The van der Waals surface area contributed by atoms with Gasteiger partial charge in [0.05, 0.1) is 34.0 Å². The number of ether oxygens (including phenoxy) is 1. The SMILES string of the molecule is Cc1ccc(C)c(N2C(=O)c3ccc(C(=O)OCc4ccccc4C#N)cc3C2=O)c1. The minimum absolute atomic E-state index is 0.0683. The van der Waals surface area contributed by atoms with Crippen molar-refractivity contribution in [1.82, 2.24) is 0 Å². The van der Waals surface area contributed by atoms with Gasteiger partial charge in [-0.05, 0) is 55.3 Å². The van der Waals surface area contributed by atoms with Crippen molar-refractivity contribution in [2.45, 2.75) is 20.5 Å². The molecule has 0 bridgehead atoms. The number of benzene rings is 3. The summed E-state index contributed by atoms with van der Waals surface area (Å²) >= 11 is 0. The minimum atomic E-state index is -0.638. The van der Waals surface area contributed by atoms with Crippen molar-refractivity contribution in [1.29, 1.82) is 5.26 Å². The molecule has 31 heavy (non-hydrogen) atoms. The van der Waals surface area contributed by atoms with Gasteiger partial charge in [-0.2, -0.15) is 5.26 Å². The molecule has 0 aromatic heterocycles. The van der Waals surface area contributed by atoms with Crippen LogP contribution in [-0.4, -0.2) is 17.8 Å². The van der Waals surface area contributed by atoms with Gasteiger partial charge in [-0.25, -0.2) is 9.69 Å². The van der Waals surface area contributed by atoms with Crippen molar-refractivity contribution in [3.8, 4) is 6.07 Å². The molecule has 152 valence electrons. The summed E-state index contributed by atoms with van der Waals surface area (Å²) in [5.41, 5.74) is 3.85. The fraction of sp³-hybridized carbons (Fsp3) is 0.120. The Kier molecular flexibility index (Phi) is 5.10. The van der Waals surface area contributed by atoms with Gasteiger partial charge in [0, 0.05) is 5.56 Å². The highest BCUT2D eigenvalue weighted by Gasteiger charge is 2.38. The molecule has 1 aliphatic heterocycles. The summed E-state index contributed by atoms with van der Waals surface area (Å²) in [4.78, 5) is 39.6. The van der Waals surface area contributed by atoms with Crippen LogP contribution in [0.15, 0.2) is 60.7 Å². The number of hydrogen-bond donors (Lipinski definition) is 0. The van der Waals surface area contributed by atoms with Gasteiger partial charge in [-0.1, -0.05) is 30.3 Å². The maximum Gasteiger partial charge on any atom is 0.338 e. The Morgan fingerprint density at radius 3 is 2.48 bits per heavy atom. The van der Waals surface area contributed by atoms with Crippen LogP contribution in [0.3, 0.4) is 0 Å². The average molecular weight is 410 g/mol. The summed E-state index contributed by atoms with van der Waals surface area (Å²) in [6.07, 6.45) is 0. The molecule has 0 saturated carbocycles. The van der Waals surface area contributed by atoms with E-state index in [2.05, 4.69) is 6.07 Å². The number of carbonyl (C=O) groups is 3. The molecular formula is C25H18N2O4. The summed E-state index contributed by atoms with van der Waals surface area (Å²) in [5, 5.41) is 9.15. The molecule has 4 rings (SSSR count). The Morgan fingerprint density at radius 1 is 0.968 bits per heavy atom. The molecule has 0 saturated heterocycles. The first-order valence-electron chi connectivity index (χ1n) is 9.66. The van der Waals surface area contributed by atoms with E-state index < -0.39 is 17.8 Å². The lowest BCUT2D eigenvalue weighted by atomic mass is 10.1. The molecule has 0 atom stereocenters. The second-order valence-electron chi connectivity index (χ2n) is 7.34. The van der Waals surface area contributed by atoms with E-state index in [1.807, 2.05) is 26.0 Å². The summed E-state index contributed by atoms with van der Waals surface area (Å²) in [6, 6.07) is 18.8. The maximum atomic E-state index is 13.0. The Balaban J connectivity index is 1.59. The minimum Gasteiger partial charge on any atom is -0.457 e. The van der Waals surface area contributed by atoms with Crippen LogP contribution in [0.1, 0.15) is 53.3 Å². The zero-order valence-electron chi connectivity index (χ0n) is 17.0. The van der Waals surface area contributed by atoms with E-state index in [-0.39, 0.29) is 23.3 Å². The highest BCUT2D eigenvalue weighted by molar-refractivity contribution is 6.35. The third-order valence-electron chi connectivity index (χ3n) is 5.22. The van der Waals surface area contributed by atoms with Crippen LogP contribution >= 0.6 is 0 Å². The molecule has 0 fully saturated rings. The number of aryl methyl sites for hydroxylation is 2. The van der Waals surface area contributed by atoms with E-state index in [0.717, 1.165) is 16.0 Å². The number of carbonyl (C=O) groups excluding carboxylic acids is 3. The van der Waals surface area contributed by atoms with Gasteiger partial charge in [0.15, 0.2) is 0 Å². The highest BCUT2D eigenvalue weighted by Crippen LogP contribution is 2.32. The Labute approximate surface area is 179 Å². The standard InChI is InChI=1S/C25H18N2O4/c1-15-7-8-16(2)22(11-15)27-23(28)20-10-9-17(12-21(20)24(27)29)25(30)31-14-19-6-4-3-5-18(19)13-26/h3-12H,14H2,1-2H3.